The van der Waals surface area contributed by atoms with Gasteiger partial charge in [0, 0.05) is 30.6 Å². The lowest BCUT2D eigenvalue weighted by Gasteiger charge is -2.31. The minimum Gasteiger partial charge on any atom is -0.473 e. The van der Waals surface area contributed by atoms with Crippen LogP contribution in [0.4, 0.5) is 0 Å². The number of aliphatic carboxylic acids is 2. The summed E-state index contributed by atoms with van der Waals surface area (Å²) in [5.74, 6) is -3.81. The minimum atomic E-state index is -3.16. The number of fused-ring (bicyclic) bond motifs is 1. The number of para-hydroxylation sites is 1. The minimum absolute atomic E-state index is 0.00667. The van der Waals surface area contributed by atoms with Gasteiger partial charge in [0.1, 0.15) is 0 Å². The molecule has 0 unspecified atom stereocenters. The smallest absolute Gasteiger partial charge is 0.414 e. The van der Waals surface area contributed by atoms with Crippen LogP contribution in [0.1, 0.15) is 43.2 Å². The van der Waals surface area contributed by atoms with Crippen LogP contribution >= 0.6 is 0 Å². The third kappa shape index (κ3) is 8.08. The molecule has 1 aliphatic heterocycles. The molecule has 2 heterocycles. The molecule has 3 rings (SSSR count). The van der Waals surface area contributed by atoms with Crippen LogP contribution in [0, 0.1) is 0 Å². The lowest BCUT2D eigenvalue weighted by Crippen LogP contribution is -2.46. The number of hydrogen-bond donors (Lipinski definition) is 4. The van der Waals surface area contributed by atoms with Crippen molar-refractivity contribution in [2.75, 3.05) is 32.4 Å². The fourth-order valence-electron chi connectivity index (χ4n) is 3.64. The summed E-state index contributed by atoms with van der Waals surface area (Å²) >= 11 is 0. The van der Waals surface area contributed by atoms with Crippen molar-refractivity contribution in [2.45, 2.75) is 38.8 Å². The second-order valence-electron chi connectivity index (χ2n) is 8.28. The molecule has 0 atom stereocenters. The molecule has 0 bridgehead atoms. The number of aromatic nitrogens is 2. The molecule has 0 saturated carbocycles. The number of hydrogen-bond acceptors (Lipinski definition) is 7. The molecule has 1 fully saturated rings. The van der Waals surface area contributed by atoms with E-state index in [1.54, 1.807) is 0 Å². The lowest BCUT2D eigenvalue weighted by atomic mass is 10.1. The van der Waals surface area contributed by atoms with E-state index in [-0.39, 0.29) is 18.0 Å². The highest BCUT2D eigenvalue weighted by Crippen LogP contribution is 2.21. The van der Waals surface area contributed by atoms with Crippen LogP contribution in [0.25, 0.3) is 10.9 Å². The van der Waals surface area contributed by atoms with Gasteiger partial charge in [0.25, 0.3) is 5.91 Å². The van der Waals surface area contributed by atoms with E-state index in [9.17, 15) is 13.2 Å². The quantitative estimate of drug-likeness (QED) is 0.398. The van der Waals surface area contributed by atoms with Crippen molar-refractivity contribution in [3.8, 4) is 0 Å². The van der Waals surface area contributed by atoms with Gasteiger partial charge in [-0.15, -0.1) is 0 Å². The second-order valence-corrected chi connectivity index (χ2v) is 10.1. The van der Waals surface area contributed by atoms with E-state index in [4.69, 9.17) is 19.8 Å². The van der Waals surface area contributed by atoms with Crippen LogP contribution in [0.2, 0.25) is 0 Å². The van der Waals surface area contributed by atoms with Gasteiger partial charge in [-0.25, -0.2) is 22.7 Å². The molecule has 1 aromatic carbocycles. The molecule has 1 aromatic heterocycles. The van der Waals surface area contributed by atoms with Gasteiger partial charge in [-0.3, -0.25) is 9.48 Å². The number of carboxylic acid groups (broad SMARTS) is 2. The zero-order valence-corrected chi connectivity index (χ0v) is 20.2. The maximum Gasteiger partial charge on any atom is 0.414 e. The van der Waals surface area contributed by atoms with Gasteiger partial charge in [0.05, 0.1) is 11.8 Å². The zero-order chi connectivity index (χ0) is 25.5. The number of sulfonamides is 1. The van der Waals surface area contributed by atoms with Crippen molar-refractivity contribution in [2.24, 2.45) is 0 Å². The van der Waals surface area contributed by atoms with Gasteiger partial charge < -0.3 is 20.4 Å². The summed E-state index contributed by atoms with van der Waals surface area (Å²) in [6, 6.07) is 7.96. The third-order valence-corrected chi connectivity index (χ3v) is 5.94. The van der Waals surface area contributed by atoms with Crippen LogP contribution in [-0.2, 0) is 19.6 Å². The molecular formula is C21H31N5O7S. The van der Waals surface area contributed by atoms with Gasteiger partial charge in [0.15, 0.2) is 5.69 Å². The van der Waals surface area contributed by atoms with Crippen LogP contribution in [0.15, 0.2) is 24.3 Å². The van der Waals surface area contributed by atoms with Gasteiger partial charge in [0.2, 0.25) is 10.0 Å². The van der Waals surface area contributed by atoms with E-state index >= 15 is 0 Å². The highest BCUT2D eigenvalue weighted by Gasteiger charge is 2.22. The summed E-state index contributed by atoms with van der Waals surface area (Å²) < 4.78 is 27.2. The monoisotopic (exact) mass is 497 g/mol. The molecule has 1 aliphatic rings. The van der Waals surface area contributed by atoms with E-state index in [0.29, 0.717) is 12.2 Å². The van der Waals surface area contributed by atoms with Crippen molar-refractivity contribution in [3.05, 3.63) is 30.0 Å². The van der Waals surface area contributed by atoms with Crippen molar-refractivity contribution in [3.63, 3.8) is 0 Å². The number of amides is 1. The van der Waals surface area contributed by atoms with Gasteiger partial charge in [-0.2, -0.15) is 5.10 Å². The zero-order valence-electron chi connectivity index (χ0n) is 19.4. The fraction of sp³-hybridized carbons (Fsp3) is 0.524. The van der Waals surface area contributed by atoms with Crippen LogP contribution in [0.5, 0.6) is 0 Å². The Morgan fingerprint density at radius 3 is 2.24 bits per heavy atom. The lowest BCUT2D eigenvalue weighted by molar-refractivity contribution is -0.159. The van der Waals surface area contributed by atoms with E-state index in [2.05, 4.69) is 20.0 Å². The Hall–Kier alpha value is -3.03. The maximum absolute atomic E-state index is 12.7. The van der Waals surface area contributed by atoms with Gasteiger partial charge in [-0.1, -0.05) is 18.2 Å². The molecule has 34 heavy (non-hydrogen) atoms. The Morgan fingerprint density at radius 1 is 1.12 bits per heavy atom. The molecule has 4 N–H and O–H groups in total. The molecule has 0 spiro atoms. The third-order valence-electron chi connectivity index (χ3n) is 5.18. The Kier molecular flexibility index (Phi) is 9.53. The first kappa shape index (κ1) is 27.2. The average Bonchev–Trinajstić information content (AvgIpc) is 3.14. The predicted octanol–water partition coefficient (Wildman–Crippen LogP) is 0.516. The summed E-state index contributed by atoms with van der Waals surface area (Å²) in [5.41, 5.74) is 1.42. The molecule has 188 valence electrons. The first-order chi connectivity index (χ1) is 15.9. The molecule has 1 saturated heterocycles. The highest BCUT2D eigenvalue weighted by atomic mass is 32.2. The van der Waals surface area contributed by atoms with Gasteiger partial charge in [-0.05, 0) is 45.8 Å². The number of carbonyl (C=O) groups is 3. The number of nitrogens with one attached hydrogen (secondary N) is 2. The van der Waals surface area contributed by atoms with Crippen LogP contribution in [0.3, 0.4) is 0 Å². The van der Waals surface area contributed by atoms with E-state index in [0.717, 1.165) is 43.4 Å². The van der Waals surface area contributed by atoms with E-state index < -0.39 is 22.0 Å². The standard InChI is InChI=1S/C19H29N5O3S.C2H2O4/c1-14(2)24-17-7-5-4-6-16(17)18(21-24)19(25)20-10-13-23-11-8-15(9-12-23)22-28(3,26)27;3-1(4)2(5)6/h4-7,14-15,22H,8-13H2,1-3H3,(H,20,25);(H,3,4)(H,5,6). The molecule has 13 heteroatoms. The van der Waals surface area contributed by atoms with Crippen LogP contribution < -0.4 is 10.0 Å². The van der Waals surface area contributed by atoms with Crippen LogP contribution in [-0.4, -0.2) is 89.6 Å². The largest absolute Gasteiger partial charge is 0.473 e. The fourth-order valence-corrected chi connectivity index (χ4v) is 4.48. The molecule has 2 aromatic rings. The summed E-state index contributed by atoms with van der Waals surface area (Å²) in [7, 11) is -3.16. The number of carboxylic acids is 2. The van der Waals surface area contributed by atoms with E-state index in [1.807, 2.05) is 42.8 Å². The number of carbonyl (C=O) groups excluding carboxylic acids is 1. The SMILES string of the molecule is CC(C)n1nc(C(=O)NCCN2CCC(NS(C)(=O)=O)CC2)c2ccccc21.O=C(O)C(=O)O. The molecule has 0 aliphatic carbocycles. The van der Waals surface area contributed by atoms with E-state index in [1.165, 1.54) is 6.26 Å². The van der Waals surface area contributed by atoms with Crippen molar-refractivity contribution in [1.29, 1.82) is 0 Å². The summed E-state index contributed by atoms with van der Waals surface area (Å²) in [6.07, 6.45) is 2.76. The first-order valence-electron chi connectivity index (χ1n) is 10.8. The summed E-state index contributed by atoms with van der Waals surface area (Å²) in [4.78, 5) is 33.1. The normalized spacial score (nSPS) is 15.1. The van der Waals surface area contributed by atoms with Gasteiger partial charge >= 0.3 is 11.9 Å². The predicted molar refractivity (Wildman–Crippen MR) is 125 cm³/mol. The molecule has 0 radical (unpaired) electrons. The Morgan fingerprint density at radius 2 is 1.71 bits per heavy atom. The Labute approximate surface area is 198 Å². The Bertz CT molecular complexity index is 1110. The molecule has 12 nitrogen and oxygen atoms in total. The average molecular weight is 498 g/mol. The topological polar surface area (TPSA) is 171 Å². The highest BCUT2D eigenvalue weighted by molar-refractivity contribution is 7.88. The number of rotatable bonds is 7. The summed E-state index contributed by atoms with van der Waals surface area (Å²) in [6.45, 7) is 6.99. The molecule has 1 amide bonds. The first-order valence-corrected chi connectivity index (χ1v) is 12.7. The Balaban J connectivity index is 0.000000604. The van der Waals surface area contributed by atoms with Crippen molar-refractivity contribution < 1.29 is 33.0 Å². The number of nitrogens with zero attached hydrogens (tertiary/aromatic N) is 3. The van der Waals surface area contributed by atoms with Crippen molar-refractivity contribution in [1.82, 2.24) is 24.7 Å². The number of likely N-dealkylation sites (tertiary alicyclic amines) is 1. The summed E-state index contributed by atoms with van der Waals surface area (Å²) in [5, 5.41) is 23.1. The number of piperidine rings is 1. The second kappa shape index (κ2) is 11.9. The maximum atomic E-state index is 12.7. The molecular weight excluding hydrogens is 466 g/mol. The van der Waals surface area contributed by atoms with Crippen molar-refractivity contribution >= 4 is 38.8 Å². The number of benzene rings is 1.